The maximum atomic E-state index is 13.4. The standard InChI is InChI=1S/C25H30N4O3/c1-4-9-21-20(24(30)28-14-12-19(13-15-28)25(31)32-5-2)16-26-23-22(17(3)27-29(21)23)18-10-7-6-8-11-18/h6-8,10-11,16,19H,4-5,9,12-15H2,1-3H3. The molecule has 7 nitrogen and oxygen atoms in total. The van der Waals surface area contributed by atoms with E-state index < -0.39 is 0 Å². The Bertz CT molecular complexity index is 1120. The van der Waals surface area contributed by atoms with Crippen LogP contribution in [-0.4, -0.2) is 51.1 Å². The van der Waals surface area contributed by atoms with Crippen molar-refractivity contribution in [1.82, 2.24) is 19.5 Å². The van der Waals surface area contributed by atoms with Gasteiger partial charge in [-0.3, -0.25) is 9.59 Å². The topological polar surface area (TPSA) is 76.8 Å². The summed E-state index contributed by atoms with van der Waals surface area (Å²) in [6.07, 6.45) is 4.58. The smallest absolute Gasteiger partial charge is 0.309 e. The van der Waals surface area contributed by atoms with E-state index in [9.17, 15) is 9.59 Å². The Morgan fingerprint density at radius 2 is 1.84 bits per heavy atom. The Morgan fingerprint density at radius 3 is 2.50 bits per heavy atom. The second-order valence-corrected chi connectivity index (χ2v) is 8.25. The van der Waals surface area contributed by atoms with Gasteiger partial charge in [0.05, 0.1) is 29.5 Å². The van der Waals surface area contributed by atoms with E-state index >= 15 is 0 Å². The molecule has 1 fully saturated rings. The Kier molecular flexibility index (Phi) is 6.53. The summed E-state index contributed by atoms with van der Waals surface area (Å²) in [7, 11) is 0. The molecule has 0 bridgehead atoms. The van der Waals surface area contributed by atoms with Crippen molar-refractivity contribution in [3.8, 4) is 11.1 Å². The maximum Gasteiger partial charge on any atom is 0.309 e. The molecular weight excluding hydrogens is 404 g/mol. The number of hydrogen-bond acceptors (Lipinski definition) is 5. The summed E-state index contributed by atoms with van der Waals surface area (Å²) in [5.74, 6) is -0.327. The predicted octanol–water partition coefficient (Wildman–Crippen LogP) is 4.07. The molecule has 168 valence electrons. The fraction of sp³-hybridized carbons (Fsp3) is 0.440. The third-order valence-electron chi connectivity index (χ3n) is 6.10. The van der Waals surface area contributed by atoms with Gasteiger partial charge < -0.3 is 9.64 Å². The number of piperidine rings is 1. The zero-order chi connectivity index (χ0) is 22.7. The molecule has 1 aliphatic rings. The van der Waals surface area contributed by atoms with E-state index in [2.05, 4.69) is 24.0 Å². The molecule has 3 heterocycles. The minimum atomic E-state index is -0.158. The molecule has 4 rings (SSSR count). The molecule has 0 saturated carbocycles. The van der Waals surface area contributed by atoms with E-state index in [1.807, 2.05) is 41.5 Å². The number of nitrogens with zero attached hydrogens (tertiary/aromatic N) is 4. The molecule has 7 heteroatoms. The van der Waals surface area contributed by atoms with E-state index in [0.717, 1.165) is 41.0 Å². The first kappa shape index (κ1) is 22.0. The number of hydrogen-bond donors (Lipinski definition) is 0. The summed E-state index contributed by atoms with van der Waals surface area (Å²) in [5.41, 5.74) is 5.21. The van der Waals surface area contributed by atoms with Gasteiger partial charge in [0.2, 0.25) is 0 Å². The molecular formula is C25H30N4O3. The highest BCUT2D eigenvalue weighted by Gasteiger charge is 2.30. The Labute approximate surface area is 188 Å². The Morgan fingerprint density at radius 1 is 1.12 bits per heavy atom. The molecule has 3 aromatic rings. The largest absolute Gasteiger partial charge is 0.466 e. The average Bonchev–Trinajstić information content (AvgIpc) is 3.16. The van der Waals surface area contributed by atoms with E-state index in [1.54, 1.807) is 6.20 Å². The average molecular weight is 435 g/mol. The number of carbonyl (C=O) groups is 2. The molecule has 0 aliphatic carbocycles. The summed E-state index contributed by atoms with van der Waals surface area (Å²) in [5, 5.41) is 4.77. The van der Waals surface area contributed by atoms with Gasteiger partial charge in [0.1, 0.15) is 0 Å². The van der Waals surface area contributed by atoms with Gasteiger partial charge in [0, 0.05) is 24.8 Å². The van der Waals surface area contributed by atoms with Crippen LogP contribution in [0.2, 0.25) is 0 Å². The molecule has 0 unspecified atom stereocenters. The first-order valence-corrected chi connectivity index (χ1v) is 11.4. The lowest BCUT2D eigenvalue weighted by atomic mass is 9.96. The highest BCUT2D eigenvalue weighted by atomic mass is 16.5. The number of aryl methyl sites for hydroxylation is 2. The van der Waals surface area contributed by atoms with Gasteiger partial charge in [-0.05, 0) is 38.7 Å². The zero-order valence-electron chi connectivity index (χ0n) is 19.0. The third kappa shape index (κ3) is 4.11. The van der Waals surface area contributed by atoms with Crippen LogP contribution in [0.5, 0.6) is 0 Å². The van der Waals surface area contributed by atoms with Crippen LogP contribution < -0.4 is 0 Å². The number of ether oxygens (including phenoxy) is 1. The first-order chi connectivity index (χ1) is 15.5. The van der Waals surface area contributed by atoms with Crippen LogP contribution in [0, 0.1) is 12.8 Å². The van der Waals surface area contributed by atoms with Gasteiger partial charge in [-0.2, -0.15) is 5.10 Å². The quantitative estimate of drug-likeness (QED) is 0.547. The fourth-order valence-electron chi connectivity index (χ4n) is 4.48. The van der Waals surface area contributed by atoms with Crippen molar-refractivity contribution in [2.24, 2.45) is 5.92 Å². The molecule has 0 atom stereocenters. The molecule has 1 aromatic carbocycles. The van der Waals surface area contributed by atoms with E-state index in [0.29, 0.717) is 38.1 Å². The summed E-state index contributed by atoms with van der Waals surface area (Å²) < 4.78 is 6.99. The normalized spacial score (nSPS) is 14.7. The number of likely N-dealkylation sites (tertiary alicyclic amines) is 1. The van der Waals surface area contributed by atoms with Gasteiger partial charge in [-0.15, -0.1) is 0 Å². The minimum Gasteiger partial charge on any atom is -0.466 e. The highest BCUT2D eigenvalue weighted by Crippen LogP contribution is 2.29. The molecule has 0 radical (unpaired) electrons. The number of rotatable bonds is 6. The van der Waals surface area contributed by atoms with Crippen LogP contribution in [0.4, 0.5) is 0 Å². The van der Waals surface area contributed by atoms with Crippen molar-refractivity contribution in [2.45, 2.75) is 46.5 Å². The van der Waals surface area contributed by atoms with Crippen molar-refractivity contribution in [3.05, 3.63) is 53.5 Å². The second kappa shape index (κ2) is 9.51. The summed E-state index contributed by atoms with van der Waals surface area (Å²) in [6.45, 7) is 7.36. The van der Waals surface area contributed by atoms with Crippen LogP contribution in [0.3, 0.4) is 0 Å². The van der Waals surface area contributed by atoms with E-state index in [1.165, 1.54) is 0 Å². The number of carbonyl (C=O) groups excluding carboxylic acids is 2. The molecule has 1 amide bonds. The van der Waals surface area contributed by atoms with Gasteiger partial charge in [0.15, 0.2) is 5.65 Å². The van der Waals surface area contributed by atoms with Gasteiger partial charge in [0.25, 0.3) is 5.91 Å². The van der Waals surface area contributed by atoms with Gasteiger partial charge in [-0.25, -0.2) is 9.50 Å². The Balaban J connectivity index is 1.65. The van der Waals surface area contributed by atoms with Crippen molar-refractivity contribution in [3.63, 3.8) is 0 Å². The van der Waals surface area contributed by atoms with Crippen molar-refractivity contribution < 1.29 is 14.3 Å². The molecule has 1 aliphatic heterocycles. The van der Waals surface area contributed by atoms with E-state index in [4.69, 9.17) is 9.84 Å². The van der Waals surface area contributed by atoms with Gasteiger partial charge in [-0.1, -0.05) is 43.7 Å². The monoisotopic (exact) mass is 434 g/mol. The minimum absolute atomic E-state index is 0.0421. The van der Waals surface area contributed by atoms with Crippen LogP contribution in [-0.2, 0) is 16.0 Å². The molecule has 1 saturated heterocycles. The fourth-order valence-corrected chi connectivity index (χ4v) is 4.48. The predicted molar refractivity (Wildman–Crippen MR) is 122 cm³/mol. The lowest BCUT2D eigenvalue weighted by molar-refractivity contribution is -0.149. The molecule has 2 aromatic heterocycles. The highest BCUT2D eigenvalue weighted by molar-refractivity contribution is 5.96. The molecule has 32 heavy (non-hydrogen) atoms. The van der Waals surface area contributed by atoms with Crippen LogP contribution >= 0.6 is 0 Å². The van der Waals surface area contributed by atoms with Gasteiger partial charge >= 0.3 is 5.97 Å². The van der Waals surface area contributed by atoms with Crippen molar-refractivity contribution in [2.75, 3.05) is 19.7 Å². The summed E-state index contributed by atoms with van der Waals surface area (Å²) >= 11 is 0. The molecule has 0 N–H and O–H groups in total. The number of fused-ring (bicyclic) bond motifs is 1. The number of amides is 1. The number of benzene rings is 1. The van der Waals surface area contributed by atoms with Crippen LogP contribution in [0.15, 0.2) is 36.5 Å². The van der Waals surface area contributed by atoms with Crippen LogP contribution in [0.25, 0.3) is 16.8 Å². The van der Waals surface area contributed by atoms with E-state index in [-0.39, 0.29) is 17.8 Å². The molecule has 0 spiro atoms. The maximum absolute atomic E-state index is 13.4. The number of aromatic nitrogens is 3. The lowest BCUT2D eigenvalue weighted by Crippen LogP contribution is -2.41. The first-order valence-electron chi connectivity index (χ1n) is 11.4. The van der Waals surface area contributed by atoms with Crippen molar-refractivity contribution in [1.29, 1.82) is 0 Å². The third-order valence-corrected chi connectivity index (χ3v) is 6.10. The zero-order valence-corrected chi connectivity index (χ0v) is 19.0. The van der Waals surface area contributed by atoms with Crippen LogP contribution in [0.1, 0.15) is 54.9 Å². The Hall–Kier alpha value is -3.22. The number of esters is 1. The SMILES string of the molecule is CCCc1c(C(=O)N2CCC(C(=O)OCC)CC2)cnc2c(-c3ccccc3)c(C)nn12. The summed E-state index contributed by atoms with van der Waals surface area (Å²) in [6, 6.07) is 10.1. The van der Waals surface area contributed by atoms with Crippen molar-refractivity contribution >= 4 is 17.5 Å². The lowest BCUT2D eigenvalue weighted by Gasteiger charge is -2.31. The summed E-state index contributed by atoms with van der Waals surface area (Å²) in [4.78, 5) is 32.0. The second-order valence-electron chi connectivity index (χ2n) is 8.25.